The van der Waals surface area contributed by atoms with Crippen molar-refractivity contribution in [1.29, 1.82) is 0 Å². The van der Waals surface area contributed by atoms with Crippen molar-refractivity contribution in [3.63, 3.8) is 0 Å². The SMILES string of the molecule is CCCC(CN)c1ncc(-c2ccc(CC)s2)[nH]1. The Hall–Kier alpha value is -1.13. The average Bonchev–Trinajstić information content (AvgIpc) is 3.03. The Bertz CT molecular complexity index is 487. The van der Waals surface area contributed by atoms with Crippen LogP contribution in [0, 0.1) is 0 Å². The molecule has 3 nitrogen and oxygen atoms in total. The maximum Gasteiger partial charge on any atom is 0.110 e. The van der Waals surface area contributed by atoms with Crippen molar-refractivity contribution in [2.45, 2.75) is 39.0 Å². The first-order valence-corrected chi connectivity index (χ1v) is 7.44. The Morgan fingerprint density at radius 2 is 2.22 bits per heavy atom. The van der Waals surface area contributed by atoms with Gasteiger partial charge < -0.3 is 10.7 Å². The van der Waals surface area contributed by atoms with Crippen LogP contribution in [0.1, 0.15) is 43.3 Å². The van der Waals surface area contributed by atoms with E-state index in [0.717, 1.165) is 30.8 Å². The standard InChI is InChI=1S/C14H21N3S/c1-3-5-10(8-15)14-16-9-12(17-14)13-7-6-11(4-2)18-13/h6-7,9-10H,3-5,8,15H2,1-2H3,(H,16,17). The van der Waals surface area contributed by atoms with Gasteiger partial charge in [0.05, 0.1) is 16.8 Å². The van der Waals surface area contributed by atoms with Gasteiger partial charge in [-0.05, 0) is 25.0 Å². The second-order valence-electron chi connectivity index (χ2n) is 4.52. The molecule has 0 fully saturated rings. The summed E-state index contributed by atoms with van der Waals surface area (Å²) in [5.41, 5.74) is 6.92. The molecule has 18 heavy (non-hydrogen) atoms. The first-order valence-electron chi connectivity index (χ1n) is 6.62. The molecule has 98 valence electrons. The van der Waals surface area contributed by atoms with Crippen LogP contribution in [-0.4, -0.2) is 16.5 Å². The number of hydrogen-bond donors (Lipinski definition) is 2. The minimum atomic E-state index is 0.356. The summed E-state index contributed by atoms with van der Waals surface area (Å²) in [5.74, 6) is 1.38. The molecule has 2 aromatic heterocycles. The number of aromatic nitrogens is 2. The van der Waals surface area contributed by atoms with E-state index in [4.69, 9.17) is 5.73 Å². The number of rotatable bonds is 6. The molecule has 4 heteroatoms. The lowest BCUT2D eigenvalue weighted by Gasteiger charge is -2.09. The van der Waals surface area contributed by atoms with Gasteiger partial charge in [0.2, 0.25) is 0 Å². The van der Waals surface area contributed by atoms with Crippen LogP contribution in [0.25, 0.3) is 10.6 Å². The van der Waals surface area contributed by atoms with Crippen LogP contribution in [0.4, 0.5) is 0 Å². The second kappa shape index (κ2) is 6.16. The van der Waals surface area contributed by atoms with Crippen molar-refractivity contribution in [3.05, 3.63) is 29.0 Å². The van der Waals surface area contributed by atoms with Crippen LogP contribution in [0.15, 0.2) is 18.3 Å². The number of nitrogens with zero attached hydrogens (tertiary/aromatic N) is 1. The number of aromatic amines is 1. The second-order valence-corrected chi connectivity index (χ2v) is 5.69. The molecule has 0 aromatic carbocycles. The summed E-state index contributed by atoms with van der Waals surface area (Å²) in [7, 11) is 0. The molecule has 0 aliphatic rings. The molecule has 0 aliphatic carbocycles. The molecule has 2 heterocycles. The molecule has 0 amide bonds. The largest absolute Gasteiger partial charge is 0.341 e. The van der Waals surface area contributed by atoms with E-state index in [0.29, 0.717) is 12.5 Å². The fraction of sp³-hybridized carbons (Fsp3) is 0.500. The summed E-state index contributed by atoms with van der Waals surface area (Å²) in [6.45, 7) is 5.02. The summed E-state index contributed by atoms with van der Waals surface area (Å²) in [5, 5.41) is 0. The predicted molar refractivity (Wildman–Crippen MR) is 78.0 cm³/mol. The molecule has 1 atom stereocenters. The van der Waals surface area contributed by atoms with Gasteiger partial charge >= 0.3 is 0 Å². The van der Waals surface area contributed by atoms with E-state index in [2.05, 4.69) is 35.9 Å². The van der Waals surface area contributed by atoms with Crippen LogP contribution < -0.4 is 5.73 Å². The van der Waals surface area contributed by atoms with E-state index in [-0.39, 0.29) is 0 Å². The van der Waals surface area contributed by atoms with E-state index < -0.39 is 0 Å². The Kier molecular flexibility index (Phi) is 4.55. The van der Waals surface area contributed by atoms with E-state index >= 15 is 0 Å². The van der Waals surface area contributed by atoms with Crippen molar-refractivity contribution < 1.29 is 0 Å². The topological polar surface area (TPSA) is 54.7 Å². The van der Waals surface area contributed by atoms with Crippen LogP contribution in [0.3, 0.4) is 0 Å². The van der Waals surface area contributed by atoms with Crippen LogP contribution in [0.5, 0.6) is 0 Å². The Morgan fingerprint density at radius 1 is 1.39 bits per heavy atom. The Balaban J connectivity index is 2.18. The zero-order valence-electron chi connectivity index (χ0n) is 11.1. The predicted octanol–water partition coefficient (Wildman–Crippen LogP) is 3.54. The van der Waals surface area contributed by atoms with Crippen LogP contribution in [-0.2, 0) is 6.42 Å². The highest BCUT2D eigenvalue weighted by Gasteiger charge is 2.13. The number of imidazole rings is 1. The summed E-state index contributed by atoms with van der Waals surface area (Å²) < 4.78 is 0. The highest BCUT2D eigenvalue weighted by atomic mass is 32.1. The molecule has 0 spiro atoms. The normalized spacial score (nSPS) is 12.8. The van der Waals surface area contributed by atoms with Crippen molar-refractivity contribution in [1.82, 2.24) is 9.97 Å². The molecule has 0 saturated heterocycles. The summed E-state index contributed by atoms with van der Waals surface area (Å²) in [4.78, 5) is 10.6. The Labute approximate surface area is 112 Å². The number of aryl methyl sites for hydroxylation is 1. The first kappa shape index (κ1) is 13.3. The van der Waals surface area contributed by atoms with E-state index in [1.165, 1.54) is 9.75 Å². The summed E-state index contributed by atoms with van der Waals surface area (Å²) in [6.07, 6.45) is 5.25. The molecule has 0 bridgehead atoms. The number of nitrogens with one attached hydrogen (secondary N) is 1. The van der Waals surface area contributed by atoms with Gasteiger partial charge in [0.15, 0.2) is 0 Å². The van der Waals surface area contributed by atoms with Crippen molar-refractivity contribution in [3.8, 4) is 10.6 Å². The van der Waals surface area contributed by atoms with Gasteiger partial charge in [0, 0.05) is 17.3 Å². The smallest absolute Gasteiger partial charge is 0.110 e. The van der Waals surface area contributed by atoms with Crippen LogP contribution >= 0.6 is 11.3 Å². The first-order chi connectivity index (χ1) is 8.78. The third kappa shape index (κ3) is 2.82. The Morgan fingerprint density at radius 3 is 2.83 bits per heavy atom. The number of H-pyrrole nitrogens is 1. The van der Waals surface area contributed by atoms with Crippen molar-refractivity contribution in [2.24, 2.45) is 5.73 Å². The molecular formula is C14H21N3S. The summed E-state index contributed by atoms with van der Waals surface area (Å²) >= 11 is 1.83. The molecule has 2 rings (SSSR count). The molecular weight excluding hydrogens is 242 g/mol. The number of nitrogens with two attached hydrogens (primary N) is 1. The van der Waals surface area contributed by atoms with Gasteiger partial charge in [-0.3, -0.25) is 0 Å². The van der Waals surface area contributed by atoms with Gasteiger partial charge in [-0.25, -0.2) is 4.98 Å². The van der Waals surface area contributed by atoms with Gasteiger partial charge in [-0.15, -0.1) is 11.3 Å². The lowest BCUT2D eigenvalue weighted by atomic mass is 10.0. The number of hydrogen-bond acceptors (Lipinski definition) is 3. The van der Waals surface area contributed by atoms with Gasteiger partial charge in [-0.1, -0.05) is 20.3 Å². The maximum absolute atomic E-state index is 5.81. The molecule has 0 saturated carbocycles. The van der Waals surface area contributed by atoms with Gasteiger partial charge in [0.1, 0.15) is 5.82 Å². The molecule has 3 N–H and O–H groups in total. The van der Waals surface area contributed by atoms with E-state index in [9.17, 15) is 0 Å². The molecule has 0 radical (unpaired) electrons. The third-order valence-corrected chi connectivity index (χ3v) is 4.44. The fourth-order valence-corrected chi connectivity index (χ4v) is 3.01. The maximum atomic E-state index is 5.81. The van der Waals surface area contributed by atoms with Crippen LogP contribution in [0.2, 0.25) is 0 Å². The zero-order chi connectivity index (χ0) is 13.0. The number of thiophene rings is 1. The molecule has 1 unspecified atom stereocenters. The van der Waals surface area contributed by atoms with Crippen molar-refractivity contribution in [2.75, 3.05) is 6.54 Å². The molecule has 0 aliphatic heterocycles. The fourth-order valence-electron chi connectivity index (χ4n) is 2.10. The highest BCUT2D eigenvalue weighted by Crippen LogP contribution is 2.28. The van der Waals surface area contributed by atoms with E-state index in [1.54, 1.807) is 0 Å². The highest BCUT2D eigenvalue weighted by molar-refractivity contribution is 7.15. The van der Waals surface area contributed by atoms with Crippen molar-refractivity contribution >= 4 is 11.3 Å². The minimum Gasteiger partial charge on any atom is -0.341 e. The lowest BCUT2D eigenvalue weighted by Crippen LogP contribution is -2.13. The lowest BCUT2D eigenvalue weighted by molar-refractivity contribution is 0.595. The average molecular weight is 263 g/mol. The third-order valence-electron chi connectivity index (χ3n) is 3.18. The van der Waals surface area contributed by atoms with Gasteiger partial charge in [0.25, 0.3) is 0 Å². The van der Waals surface area contributed by atoms with Gasteiger partial charge in [-0.2, -0.15) is 0 Å². The zero-order valence-corrected chi connectivity index (χ0v) is 11.9. The quantitative estimate of drug-likeness (QED) is 0.837. The van der Waals surface area contributed by atoms with E-state index in [1.807, 2.05) is 17.5 Å². The minimum absolute atomic E-state index is 0.356. The monoisotopic (exact) mass is 263 g/mol. The molecule has 2 aromatic rings. The summed E-state index contributed by atoms with van der Waals surface area (Å²) in [6, 6.07) is 4.35.